The molecule has 1 amide bonds. The summed E-state index contributed by atoms with van der Waals surface area (Å²) in [6.07, 6.45) is 0.139. The van der Waals surface area contributed by atoms with Gasteiger partial charge in [0.2, 0.25) is 5.91 Å². The Labute approximate surface area is 189 Å². The Hall–Kier alpha value is -3.08. The number of carbonyl (C=O) groups excluding carboxylic acids is 1. The van der Waals surface area contributed by atoms with Gasteiger partial charge in [-0.05, 0) is 17.7 Å². The minimum atomic E-state index is -0.449. The highest BCUT2D eigenvalue weighted by molar-refractivity contribution is 7.22. The molecule has 1 fully saturated rings. The van der Waals surface area contributed by atoms with Gasteiger partial charge < -0.3 is 9.47 Å². The van der Waals surface area contributed by atoms with Crippen LogP contribution in [0.5, 0.6) is 5.75 Å². The molecule has 10 heteroatoms. The zero-order chi connectivity index (χ0) is 22.5. The Balaban J connectivity index is 1.56. The summed E-state index contributed by atoms with van der Waals surface area (Å²) < 4.78 is 11.7. The summed E-state index contributed by atoms with van der Waals surface area (Å²) in [5, 5.41) is 11.5. The number of hydrogen-bond acceptors (Lipinski definition) is 8. The number of amides is 1. The van der Waals surface area contributed by atoms with E-state index in [0.717, 1.165) is 28.9 Å². The second-order valence-corrected chi connectivity index (χ2v) is 8.44. The van der Waals surface area contributed by atoms with Crippen LogP contribution in [0.2, 0.25) is 0 Å². The van der Waals surface area contributed by atoms with Crippen LogP contribution in [0.15, 0.2) is 42.5 Å². The number of benzene rings is 2. The lowest BCUT2D eigenvalue weighted by Crippen LogP contribution is -2.43. The van der Waals surface area contributed by atoms with E-state index in [0.29, 0.717) is 37.2 Å². The van der Waals surface area contributed by atoms with Gasteiger partial charge in [0.25, 0.3) is 5.69 Å². The normalized spacial score (nSPS) is 14.4. The van der Waals surface area contributed by atoms with Crippen LogP contribution in [0.4, 0.5) is 10.8 Å². The van der Waals surface area contributed by atoms with Crippen LogP contribution in [0.3, 0.4) is 0 Å². The van der Waals surface area contributed by atoms with Crippen LogP contribution in [-0.2, 0) is 16.0 Å². The Morgan fingerprint density at radius 2 is 2.00 bits per heavy atom. The van der Waals surface area contributed by atoms with E-state index in [2.05, 4.69) is 4.90 Å². The van der Waals surface area contributed by atoms with Crippen LogP contribution in [0, 0.1) is 10.1 Å². The SMILES string of the molecule is COc1ccc2sc(N(CCN3CCOCC3)C(=O)Cc3ccc([N+](=O)[O-])cc3)nc2c1. The van der Waals surface area contributed by atoms with Crippen molar-refractivity contribution in [2.24, 2.45) is 0 Å². The molecule has 4 rings (SSSR count). The molecule has 2 heterocycles. The summed E-state index contributed by atoms with van der Waals surface area (Å²) in [6.45, 7) is 4.27. The highest BCUT2D eigenvalue weighted by Gasteiger charge is 2.22. The molecule has 0 spiro atoms. The number of nitrogens with zero attached hydrogens (tertiary/aromatic N) is 4. The summed E-state index contributed by atoms with van der Waals surface area (Å²) in [5.41, 5.74) is 1.51. The number of ether oxygens (including phenoxy) is 2. The molecule has 0 atom stereocenters. The van der Waals surface area contributed by atoms with Gasteiger partial charge in [0.05, 0.1) is 41.9 Å². The number of methoxy groups -OCH3 is 1. The predicted molar refractivity (Wildman–Crippen MR) is 123 cm³/mol. The van der Waals surface area contributed by atoms with Crippen LogP contribution >= 0.6 is 11.3 Å². The number of nitro groups is 1. The van der Waals surface area contributed by atoms with Crippen molar-refractivity contribution in [3.8, 4) is 5.75 Å². The third kappa shape index (κ3) is 5.21. The average Bonchev–Trinajstić information content (AvgIpc) is 3.23. The summed E-state index contributed by atoms with van der Waals surface area (Å²) in [4.78, 5) is 32.4. The van der Waals surface area contributed by atoms with E-state index in [1.165, 1.54) is 23.5 Å². The van der Waals surface area contributed by atoms with Gasteiger partial charge in [-0.1, -0.05) is 23.5 Å². The topological polar surface area (TPSA) is 98.0 Å². The first-order valence-corrected chi connectivity index (χ1v) is 11.1. The van der Waals surface area contributed by atoms with E-state index < -0.39 is 4.92 Å². The van der Waals surface area contributed by atoms with E-state index in [1.54, 1.807) is 24.1 Å². The van der Waals surface area contributed by atoms with Gasteiger partial charge in [-0.3, -0.25) is 24.7 Å². The lowest BCUT2D eigenvalue weighted by Gasteiger charge is -2.29. The molecule has 9 nitrogen and oxygen atoms in total. The Bertz CT molecular complexity index is 1100. The van der Waals surface area contributed by atoms with Crippen LogP contribution in [0.1, 0.15) is 5.56 Å². The molecule has 2 aromatic carbocycles. The van der Waals surface area contributed by atoms with Crippen molar-refractivity contribution in [1.82, 2.24) is 9.88 Å². The quantitative estimate of drug-likeness (QED) is 0.379. The maximum Gasteiger partial charge on any atom is 0.269 e. The van der Waals surface area contributed by atoms with Crippen molar-refractivity contribution in [2.75, 3.05) is 51.4 Å². The van der Waals surface area contributed by atoms with Crippen molar-refractivity contribution in [1.29, 1.82) is 0 Å². The lowest BCUT2D eigenvalue weighted by molar-refractivity contribution is -0.384. The summed E-state index contributed by atoms with van der Waals surface area (Å²) in [6, 6.07) is 11.8. The van der Waals surface area contributed by atoms with E-state index in [1.807, 2.05) is 18.2 Å². The van der Waals surface area contributed by atoms with Crippen molar-refractivity contribution < 1.29 is 19.2 Å². The first kappa shape index (κ1) is 22.1. The van der Waals surface area contributed by atoms with E-state index in [-0.39, 0.29) is 18.0 Å². The molecule has 0 N–H and O–H groups in total. The first-order chi connectivity index (χ1) is 15.5. The fraction of sp³-hybridized carbons (Fsp3) is 0.364. The largest absolute Gasteiger partial charge is 0.497 e. The van der Waals surface area contributed by atoms with Crippen LogP contribution in [-0.4, -0.2) is 67.2 Å². The highest BCUT2D eigenvalue weighted by atomic mass is 32.1. The van der Waals surface area contributed by atoms with Gasteiger partial charge in [0, 0.05) is 44.4 Å². The molecule has 1 aromatic heterocycles. The number of non-ortho nitro benzene ring substituents is 1. The van der Waals surface area contributed by atoms with Crippen molar-refractivity contribution >= 4 is 38.3 Å². The molecule has 1 aliphatic heterocycles. The first-order valence-electron chi connectivity index (χ1n) is 10.3. The van der Waals surface area contributed by atoms with E-state index in [9.17, 15) is 14.9 Å². The lowest BCUT2D eigenvalue weighted by atomic mass is 10.1. The maximum absolute atomic E-state index is 13.3. The number of thiazole rings is 1. The number of fused-ring (bicyclic) bond motifs is 1. The minimum Gasteiger partial charge on any atom is -0.497 e. The summed E-state index contributed by atoms with van der Waals surface area (Å²) in [5.74, 6) is 0.615. The van der Waals surface area contributed by atoms with Gasteiger partial charge >= 0.3 is 0 Å². The number of carbonyl (C=O) groups is 1. The Kier molecular flexibility index (Phi) is 6.93. The van der Waals surface area contributed by atoms with Gasteiger partial charge in [0.15, 0.2) is 5.13 Å². The number of hydrogen-bond donors (Lipinski definition) is 0. The maximum atomic E-state index is 13.3. The number of morpholine rings is 1. The van der Waals surface area contributed by atoms with Crippen molar-refractivity contribution in [2.45, 2.75) is 6.42 Å². The molecule has 1 aliphatic rings. The van der Waals surface area contributed by atoms with E-state index >= 15 is 0 Å². The molecule has 168 valence electrons. The molecular weight excluding hydrogens is 432 g/mol. The highest BCUT2D eigenvalue weighted by Crippen LogP contribution is 2.31. The fourth-order valence-electron chi connectivity index (χ4n) is 3.54. The molecule has 3 aromatic rings. The molecule has 32 heavy (non-hydrogen) atoms. The molecule has 0 saturated carbocycles. The Morgan fingerprint density at radius 3 is 2.69 bits per heavy atom. The van der Waals surface area contributed by atoms with E-state index in [4.69, 9.17) is 14.5 Å². The Morgan fingerprint density at radius 1 is 1.25 bits per heavy atom. The standard InChI is InChI=1S/C22H24N4O5S/c1-30-18-6-7-20-19(15-18)23-22(32-20)25(9-8-24-10-12-31-13-11-24)21(27)14-16-2-4-17(5-3-16)26(28)29/h2-7,15H,8-14H2,1H3. The van der Waals surface area contributed by atoms with Gasteiger partial charge in [-0.25, -0.2) is 4.98 Å². The molecule has 0 aliphatic carbocycles. The molecule has 0 unspecified atom stereocenters. The average molecular weight is 457 g/mol. The minimum absolute atomic E-state index is 0.00509. The van der Waals surface area contributed by atoms with Crippen molar-refractivity contribution in [3.63, 3.8) is 0 Å². The number of rotatable bonds is 8. The van der Waals surface area contributed by atoms with Gasteiger partial charge in [-0.2, -0.15) is 0 Å². The predicted octanol–water partition coefficient (Wildman–Crippen LogP) is 3.12. The molecule has 0 bridgehead atoms. The van der Waals surface area contributed by atoms with Crippen molar-refractivity contribution in [3.05, 3.63) is 58.1 Å². The third-order valence-corrected chi connectivity index (χ3v) is 6.42. The number of aromatic nitrogens is 1. The number of anilines is 1. The second kappa shape index (κ2) is 10.0. The molecular formula is C22H24N4O5S. The smallest absolute Gasteiger partial charge is 0.269 e. The monoisotopic (exact) mass is 456 g/mol. The third-order valence-electron chi connectivity index (χ3n) is 5.36. The fourth-order valence-corrected chi connectivity index (χ4v) is 4.53. The van der Waals surface area contributed by atoms with Crippen LogP contribution < -0.4 is 9.64 Å². The number of nitro benzene ring substituents is 1. The molecule has 0 radical (unpaired) electrons. The second-order valence-electron chi connectivity index (χ2n) is 7.43. The summed E-state index contributed by atoms with van der Waals surface area (Å²) >= 11 is 1.46. The molecule has 1 saturated heterocycles. The zero-order valence-corrected chi connectivity index (χ0v) is 18.5. The zero-order valence-electron chi connectivity index (χ0n) is 17.7. The van der Waals surface area contributed by atoms with Gasteiger partial charge in [-0.15, -0.1) is 0 Å². The van der Waals surface area contributed by atoms with Crippen LogP contribution in [0.25, 0.3) is 10.2 Å². The van der Waals surface area contributed by atoms with Gasteiger partial charge in [0.1, 0.15) is 5.75 Å². The summed E-state index contributed by atoms with van der Waals surface area (Å²) in [7, 11) is 1.61.